The number of hydrogen-bond donors (Lipinski definition) is 1. The van der Waals surface area contributed by atoms with Gasteiger partial charge in [-0.2, -0.15) is 0 Å². The maximum Gasteiger partial charge on any atom is 0.0714 e. The van der Waals surface area contributed by atoms with E-state index in [1.165, 1.54) is 81.0 Å². The van der Waals surface area contributed by atoms with Gasteiger partial charge in [-0.25, -0.2) is 0 Å². The van der Waals surface area contributed by atoms with Crippen molar-refractivity contribution in [1.29, 1.82) is 0 Å². The predicted octanol–water partition coefficient (Wildman–Crippen LogP) is 15.2. The van der Waals surface area contributed by atoms with Gasteiger partial charge in [0.2, 0.25) is 0 Å². The number of anilines is 3. The van der Waals surface area contributed by atoms with E-state index in [2.05, 4.69) is 222 Å². The van der Waals surface area contributed by atoms with E-state index in [-0.39, 0.29) is 0 Å². The molecule has 9 aromatic carbocycles. The number of fused-ring (bicyclic) bond motifs is 10. The molecule has 0 saturated heterocycles. The molecular formula is C55H36N2S. The lowest BCUT2D eigenvalue weighted by Crippen LogP contribution is -2.28. The number of aromatic nitrogens is 1. The Kier molecular flexibility index (Phi) is 7.35. The molecule has 2 aromatic heterocycles. The second kappa shape index (κ2) is 12.9. The molecule has 272 valence electrons. The van der Waals surface area contributed by atoms with Crippen LogP contribution in [0.5, 0.6) is 0 Å². The van der Waals surface area contributed by atoms with Gasteiger partial charge in [-0.1, -0.05) is 170 Å². The third kappa shape index (κ3) is 4.84. The van der Waals surface area contributed by atoms with E-state index in [1.807, 2.05) is 11.3 Å². The van der Waals surface area contributed by atoms with Crippen molar-refractivity contribution in [2.45, 2.75) is 5.41 Å². The first-order valence-electron chi connectivity index (χ1n) is 19.9. The Hall–Kier alpha value is -7.20. The molecular weight excluding hydrogens is 721 g/mol. The molecule has 2 heterocycles. The highest BCUT2D eigenvalue weighted by Crippen LogP contribution is 2.57. The first-order valence-corrected chi connectivity index (χ1v) is 20.7. The van der Waals surface area contributed by atoms with Crippen molar-refractivity contribution in [1.82, 2.24) is 4.98 Å². The van der Waals surface area contributed by atoms with Crippen LogP contribution in [0.1, 0.15) is 22.3 Å². The fourth-order valence-electron chi connectivity index (χ4n) is 9.73. The van der Waals surface area contributed by atoms with Crippen LogP contribution in [0.25, 0.3) is 64.2 Å². The van der Waals surface area contributed by atoms with Crippen LogP contribution in [0.4, 0.5) is 17.1 Å². The second-order valence-electron chi connectivity index (χ2n) is 15.3. The largest absolute Gasteiger partial charge is 0.353 e. The maximum atomic E-state index is 3.90. The minimum Gasteiger partial charge on any atom is -0.353 e. The summed E-state index contributed by atoms with van der Waals surface area (Å²) < 4.78 is 2.62. The Morgan fingerprint density at radius 1 is 0.397 bits per heavy atom. The fourth-order valence-corrected chi connectivity index (χ4v) is 10.9. The lowest BCUT2D eigenvalue weighted by Gasteiger charge is -2.35. The predicted molar refractivity (Wildman–Crippen MR) is 246 cm³/mol. The molecule has 2 nitrogen and oxygen atoms in total. The lowest BCUT2D eigenvalue weighted by molar-refractivity contribution is 0.768. The average molecular weight is 757 g/mol. The monoisotopic (exact) mass is 756 g/mol. The van der Waals surface area contributed by atoms with E-state index in [0.29, 0.717) is 0 Å². The molecule has 58 heavy (non-hydrogen) atoms. The van der Waals surface area contributed by atoms with E-state index < -0.39 is 5.41 Å². The van der Waals surface area contributed by atoms with Gasteiger partial charge in [0.25, 0.3) is 0 Å². The summed E-state index contributed by atoms with van der Waals surface area (Å²) in [5, 5.41) is 5.11. The number of nitrogens with one attached hydrogen (secondary N) is 1. The molecule has 0 radical (unpaired) electrons. The van der Waals surface area contributed by atoms with Crippen LogP contribution in [-0.4, -0.2) is 4.98 Å². The van der Waals surface area contributed by atoms with Crippen LogP contribution in [0.2, 0.25) is 0 Å². The number of benzene rings is 9. The highest BCUT2D eigenvalue weighted by Gasteiger charge is 2.46. The van der Waals surface area contributed by atoms with Gasteiger partial charge in [0.15, 0.2) is 0 Å². The van der Waals surface area contributed by atoms with E-state index in [0.717, 1.165) is 22.6 Å². The van der Waals surface area contributed by atoms with Crippen molar-refractivity contribution in [3.8, 4) is 22.3 Å². The smallest absolute Gasteiger partial charge is 0.0714 e. The second-order valence-corrected chi connectivity index (χ2v) is 16.4. The van der Waals surface area contributed by atoms with Crippen molar-refractivity contribution >= 4 is 70.4 Å². The molecule has 12 rings (SSSR count). The summed E-state index contributed by atoms with van der Waals surface area (Å²) in [6.07, 6.45) is 0. The summed E-state index contributed by atoms with van der Waals surface area (Å²) in [6, 6.07) is 78.1. The summed E-state index contributed by atoms with van der Waals surface area (Å²) in [4.78, 5) is 6.33. The summed E-state index contributed by atoms with van der Waals surface area (Å²) in [5.41, 5.74) is 15.2. The van der Waals surface area contributed by atoms with Gasteiger partial charge in [-0.05, 0) is 87.0 Å². The van der Waals surface area contributed by atoms with Gasteiger partial charge in [0.1, 0.15) is 0 Å². The highest BCUT2D eigenvalue weighted by molar-refractivity contribution is 7.26. The average Bonchev–Trinajstić information content (AvgIpc) is 3.96. The van der Waals surface area contributed by atoms with Gasteiger partial charge >= 0.3 is 0 Å². The van der Waals surface area contributed by atoms with Gasteiger partial charge in [-0.15, -0.1) is 11.3 Å². The van der Waals surface area contributed by atoms with E-state index in [9.17, 15) is 0 Å². The number of thiophene rings is 1. The first kappa shape index (κ1) is 33.0. The van der Waals surface area contributed by atoms with Gasteiger partial charge in [0.05, 0.1) is 15.6 Å². The quantitative estimate of drug-likeness (QED) is 0.179. The number of nitrogens with zero attached hydrogens (tertiary/aromatic N) is 1. The van der Waals surface area contributed by atoms with Gasteiger partial charge < -0.3 is 9.88 Å². The Morgan fingerprint density at radius 3 is 1.74 bits per heavy atom. The molecule has 1 N–H and O–H groups in total. The minimum atomic E-state index is -0.496. The Balaban J connectivity index is 1.09. The number of aromatic amines is 1. The molecule has 0 atom stereocenters. The molecule has 0 saturated carbocycles. The summed E-state index contributed by atoms with van der Waals surface area (Å²) >= 11 is 1.87. The van der Waals surface area contributed by atoms with Crippen LogP contribution < -0.4 is 4.90 Å². The summed E-state index contributed by atoms with van der Waals surface area (Å²) in [6.45, 7) is 0. The van der Waals surface area contributed by atoms with Crippen LogP contribution in [0.3, 0.4) is 0 Å². The van der Waals surface area contributed by atoms with Gasteiger partial charge in [0, 0.05) is 48.8 Å². The van der Waals surface area contributed by atoms with Crippen molar-refractivity contribution < 1.29 is 0 Å². The molecule has 0 bridgehead atoms. The lowest BCUT2D eigenvalue weighted by atomic mass is 9.67. The zero-order chi connectivity index (χ0) is 38.2. The molecule has 1 aliphatic carbocycles. The maximum absolute atomic E-state index is 3.90. The molecule has 0 fully saturated rings. The highest BCUT2D eigenvalue weighted by atomic mass is 32.1. The van der Waals surface area contributed by atoms with Crippen molar-refractivity contribution in [2.24, 2.45) is 0 Å². The number of H-pyrrole nitrogens is 1. The third-order valence-corrected chi connectivity index (χ3v) is 13.5. The SMILES string of the molecule is c1ccc(-c2ccc(N(c3ccc4c(c3)C(c3ccccc3)(c3ccccc3)c3ccccc3-4)c3ccc4c(c3)[nH]c3c4ccc4c5ccccc5sc43)cc2)cc1. The zero-order valence-corrected chi connectivity index (χ0v) is 32.4. The van der Waals surface area contributed by atoms with Crippen LogP contribution in [0, 0.1) is 0 Å². The van der Waals surface area contributed by atoms with Crippen molar-refractivity contribution in [2.75, 3.05) is 4.90 Å². The molecule has 0 aliphatic heterocycles. The Bertz CT molecular complexity index is 3290. The minimum absolute atomic E-state index is 0.496. The zero-order valence-electron chi connectivity index (χ0n) is 31.6. The molecule has 3 heteroatoms. The fraction of sp³-hybridized carbons (Fsp3) is 0.0182. The van der Waals surface area contributed by atoms with Gasteiger partial charge in [-0.3, -0.25) is 0 Å². The Morgan fingerprint density at radius 2 is 0.966 bits per heavy atom. The van der Waals surface area contributed by atoms with Crippen molar-refractivity contribution in [3.63, 3.8) is 0 Å². The van der Waals surface area contributed by atoms with Crippen LogP contribution >= 0.6 is 11.3 Å². The Labute approximate surface area is 340 Å². The molecule has 11 aromatic rings. The van der Waals surface area contributed by atoms with Crippen LogP contribution in [-0.2, 0) is 5.41 Å². The van der Waals surface area contributed by atoms with E-state index in [1.54, 1.807) is 0 Å². The summed E-state index contributed by atoms with van der Waals surface area (Å²) in [7, 11) is 0. The van der Waals surface area contributed by atoms with E-state index in [4.69, 9.17) is 0 Å². The number of hydrogen-bond acceptors (Lipinski definition) is 2. The number of rotatable bonds is 6. The third-order valence-electron chi connectivity index (χ3n) is 12.3. The van der Waals surface area contributed by atoms with Crippen LogP contribution in [0.15, 0.2) is 212 Å². The molecule has 0 amide bonds. The first-order chi connectivity index (χ1) is 28.8. The van der Waals surface area contributed by atoms with E-state index >= 15 is 0 Å². The molecule has 0 spiro atoms. The topological polar surface area (TPSA) is 19.0 Å². The standard InChI is InChI=1S/C55H36N2S/c1-4-14-36(15-5-1)37-24-26-40(27-25-37)57(42-29-31-45-47-32-33-48-46-21-11-13-23-52(46)58-54(48)53(47)56-51(45)35-42)41-28-30-44-43-20-10-12-22-49(43)55(50(44)34-41,38-16-6-2-7-17-38)39-18-8-3-9-19-39/h1-35,56H. The summed E-state index contributed by atoms with van der Waals surface area (Å²) in [5.74, 6) is 0. The normalized spacial score (nSPS) is 13.0. The molecule has 0 unspecified atom stereocenters. The van der Waals surface area contributed by atoms with Crippen molar-refractivity contribution in [3.05, 3.63) is 235 Å². The molecule has 1 aliphatic rings.